The van der Waals surface area contributed by atoms with E-state index in [9.17, 15) is 13.6 Å². The summed E-state index contributed by atoms with van der Waals surface area (Å²) in [4.78, 5) is 11.7. The Morgan fingerprint density at radius 2 is 2.07 bits per heavy atom. The predicted molar refractivity (Wildman–Crippen MR) is 50.0 cm³/mol. The van der Waals surface area contributed by atoms with Gasteiger partial charge in [0.25, 0.3) is 6.43 Å². The number of aromatic amines is 1. The number of nitrogens with zero attached hydrogens (tertiary/aromatic N) is 1. The van der Waals surface area contributed by atoms with Gasteiger partial charge in [-0.2, -0.15) is 5.10 Å². The van der Waals surface area contributed by atoms with E-state index in [-0.39, 0.29) is 16.8 Å². The summed E-state index contributed by atoms with van der Waals surface area (Å²) in [5.74, 6) is -0.231. The number of carbonyl (C=O) groups excluding carboxylic acids is 1. The number of fused-ring (bicyclic) bond motifs is 1. The highest BCUT2D eigenvalue weighted by atomic mass is 19.3. The molecule has 0 radical (unpaired) electrons. The van der Waals surface area contributed by atoms with Gasteiger partial charge in [0, 0.05) is 12.1 Å². The van der Waals surface area contributed by atoms with Crippen LogP contribution in [0.4, 0.5) is 8.78 Å². The summed E-state index contributed by atoms with van der Waals surface area (Å²) < 4.78 is 25.0. The third-order valence-electron chi connectivity index (χ3n) is 2.65. The molecule has 0 unspecified atom stereocenters. The zero-order valence-electron chi connectivity index (χ0n) is 8.60. The molecule has 0 saturated carbocycles. The largest absolute Gasteiger partial charge is 0.294 e. The van der Waals surface area contributed by atoms with E-state index in [1.165, 1.54) is 0 Å². The number of ketones is 1. The zero-order chi connectivity index (χ0) is 11.2. The quantitative estimate of drug-likeness (QED) is 0.780. The van der Waals surface area contributed by atoms with Gasteiger partial charge < -0.3 is 0 Å². The summed E-state index contributed by atoms with van der Waals surface area (Å²) in [5, 5.41) is 6.06. The molecular formula is C10H12F2N2O. The number of hydrogen-bond donors (Lipinski definition) is 1. The molecule has 1 aliphatic carbocycles. The lowest BCUT2D eigenvalue weighted by Gasteiger charge is -2.27. The Morgan fingerprint density at radius 3 is 2.67 bits per heavy atom. The van der Waals surface area contributed by atoms with E-state index in [2.05, 4.69) is 10.2 Å². The van der Waals surface area contributed by atoms with E-state index in [1.54, 1.807) is 0 Å². The molecule has 0 spiro atoms. The average Bonchev–Trinajstić information content (AvgIpc) is 2.45. The summed E-state index contributed by atoms with van der Waals surface area (Å²) in [6.45, 7) is 3.88. The van der Waals surface area contributed by atoms with Gasteiger partial charge in [0.2, 0.25) is 0 Å². The summed E-state index contributed by atoms with van der Waals surface area (Å²) in [6.07, 6.45) is -1.79. The van der Waals surface area contributed by atoms with Gasteiger partial charge in [-0.15, -0.1) is 0 Å². The van der Waals surface area contributed by atoms with Crippen LogP contribution in [-0.4, -0.2) is 16.0 Å². The molecule has 5 heteroatoms. The minimum atomic E-state index is -2.69. The maximum atomic E-state index is 12.5. The van der Waals surface area contributed by atoms with Crippen LogP contribution in [-0.2, 0) is 6.42 Å². The molecule has 0 atom stereocenters. The zero-order valence-corrected chi connectivity index (χ0v) is 8.60. The molecule has 0 bridgehead atoms. The maximum absolute atomic E-state index is 12.5. The van der Waals surface area contributed by atoms with Crippen LogP contribution in [0.25, 0.3) is 0 Å². The van der Waals surface area contributed by atoms with Crippen LogP contribution in [0.1, 0.15) is 48.4 Å². The van der Waals surface area contributed by atoms with E-state index >= 15 is 0 Å². The van der Waals surface area contributed by atoms with Crippen molar-refractivity contribution in [2.24, 2.45) is 5.41 Å². The first-order valence-corrected chi connectivity index (χ1v) is 4.79. The first-order valence-electron chi connectivity index (χ1n) is 4.79. The van der Waals surface area contributed by atoms with Crippen molar-refractivity contribution in [1.82, 2.24) is 10.2 Å². The van der Waals surface area contributed by atoms with Gasteiger partial charge in [-0.3, -0.25) is 9.89 Å². The lowest BCUT2D eigenvalue weighted by Crippen LogP contribution is -2.27. The first kappa shape index (κ1) is 10.3. The maximum Gasteiger partial charge on any atom is 0.282 e. The van der Waals surface area contributed by atoms with Crippen molar-refractivity contribution in [2.75, 3.05) is 0 Å². The predicted octanol–water partition coefficient (Wildman–Crippen LogP) is 2.50. The molecule has 1 heterocycles. The smallest absolute Gasteiger partial charge is 0.282 e. The van der Waals surface area contributed by atoms with Gasteiger partial charge in [0.05, 0.1) is 5.56 Å². The molecular weight excluding hydrogens is 202 g/mol. The van der Waals surface area contributed by atoms with Crippen LogP contribution in [0.5, 0.6) is 0 Å². The van der Waals surface area contributed by atoms with Crippen LogP contribution in [0, 0.1) is 5.41 Å². The number of H-pyrrole nitrogens is 1. The second-order valence-electron chi connectivity index (χ2n) is 4.70. The Kier molecular flexibility index (Phi) is 2.13. The lowest BCUT2D eigenvalue weighted by atomic mass is 9.76. The lowest BCUT2D eigenvalue weighted by molar-refractivity contribution is 0.0897. The second kappa shape index (κ2) is 3.12. The fraction of sp³-hybridized carbons (Fsp3) is 0.600. The molecule has 1 N–H and O–H groups in total. The van der Waals surface area contributed by atoms with Gasteiger partial charge in [-0.25, -0.2) is 8.78 Å². The monoisotopic (exact) mass is 214 g/mol. The molecule has 3 nitrogen and oxygen atoms in total. The third kappa shape index (κ3) is 1.66. The Hall–Kier alpha value is -1.26. The molecule has 1 aromatic heterocycles. The first-order chi connectivity index (χ1) is 6.91. The van der Waals surface area contributed by atoms with Crippen molar-refractivity contribution in [3.05, 3.63) is 17.0 Å². The molecule has 0 aromatic carbocycles. The van der Waals surface area contributed by atoms with Crippen LogP contribution in [0.2, 0.25) is 0 Å². The number of Topliss-reactive ketones (excluding diaryl/α,β-unsaturated/α-hetero) is 1. The summed E-state index contributed by atoms with van der Waals surface area (Å²) in [5.41, 5.74) is 0.0945. The third-order valence-corrected chi connectivity index (χ3v) is 2.65. The van der Waals surface area contributed by atoms with E-state index in [1.807, 2.05) is 13.8 Å². The number of hydrogen-bond acceptors (Lipinski definition) is 2. The molecule has 0 aliphatic heterocycles. The SMILES string of the molecule is CC1(C)CC(=O)c2c(C(F)F)n[nH]c2C1. The van der Waals surface area contributed by atoms with E-state index in [0.29, 0.717) is 18.5 Å². The normalized spacial score (nSPS) is 19.4. The minimum absolute atomic E-state index is 0.115. The van der Waals surface area contributed by atoms with Crippen molar-refractivity contribution in [3.8, 4) is 0 Å². The van der Waals surface area contributed by atoms with Crippen molar-refractivity contribution >= 4 is 5.78 Å². The highest BCUT2D eigenvalue weighted by molar-refractivity contribution is 5.99. The number of carbonyl (C=O) groups is 1. The van der Waals surface area contributed by atoms with E-state index in [4.69, 9.17) is 0 Å². The number of alkyl halides is 2. The van der Waals surface area contributed by atoms with Crippen molar-refractivity contribution in [1.29, 1.82) is 0 Å². The fourth-order valence-electron chi connectivity index (χ4n) is 2.06. The van der Waals surface area contributed by atoms with E-state index < -0.39 is 12.1 Å². The Bertz CT molecular complexity index is 410. The molecule has 15 heavy (non-hydrogen) atoms. The second-order valence-corrected chi connectivity index (χ2v) is 4.70. The fourth-order valence-corrected chi connectivity index (χ4v) is 2.06. The topological polar surface area (TPSA) is 45.8 Å². The molecule has 82 valence electrons. The van der Waals surface area contributed by atoms with Gasteiger partial charge >= 0.3 is 0 Å². The Morgan fingerprint density at radius 1 is 1.40 bits per heavy atom. The molecule has 1 aromatic rings. The molecule has 2 rings (SSSR count). The molecule has 1 aliphatic rings. The van der Waals surface area contributed by atoms with Gasteiger partial charge in [-0.05, 0) is 11.8 Å². The number of aromatic nitrogens is 2. The van der Waals surface area contributed by atoms with Crippen molar-refractivity contribution in [2.45, 2.75) is 33.1 Å². The summed E-state index contributed by atoms with van der Waals surface area (Å²) >= 11 is 0. The van der Waals surface area contributed by atoms with Crippen molar-refractivity contribution < 1.29 is 13.6 Å². The number of rotatable bonds is 1. The standard InChI is InChI=1S/C10H12F2N2O/c1-10(2)3-5-7(6(15)4-10)8(9(11)12)14-13-5/h9H,3-4H2,1-2H3,(H,13,14). The summed E-state index contributed by atoms with van der Waals surface area (Å²) in [6, 6.07) is 0. The number of nitrogens with one attached hydrogen (secondary N) is 1. The van der Waals surface area contributed by atoms with Gasteiger partial charge in [-0.1, -0.05) is 13.8 Å². The minimum Gasteiger partial charge on any atom is -0.294 e. The Balaban J connectivity index is 2.48. The van der Waals surface area contributed by atoms with Crippen molar-refractivity contribution in [3.63, 3.8) is 0 Å². The molecule has 0 amide bonds. The van der Waals surface area contributed by atoms with Crippen LogP contribution in [0.3, 0.4) is 0 Å². The number of halogens is 2. The van der Waals surface area contributed by atoms with Crippen LogP contribution in [0.15, 0.2) is 0 Å². The van der Waals surface area contributed by atoms with Gasteiger partial charge in [0.15, 0.2) is 5.78 Å². The highest BCUT2D eigenvalue weighted by Gasteiger charge is 2.36. The molecule has 0 fully saturated rings. The summed E-state index contributed by atoms with van der Waals surface area (Å²) in [7, 11) is 0. The Labute approximate surface area is 85.9 Å². The average molecular weight is 214 g/mol. The van der Waals surface area contributed by atoms with Gasteiger partial charge in [0.1, 0.15) is 5.69 Å². The highest BCUT2D eigenvalue weighted by Crippen LogP contribution is 2.36. The van der Waals surface area contributed by atoms with E-state index in [0.717, 1.165) is 0 Å². The molecule has 0 saturated heterocycles. The van der Waals surface area contributed by atoms with Crippen LogP contribution >= 0.6 is 0 Å². The van der Waals surface area contributed by atoms with Crippen LogP contribution < -0.4 is 0 Å².